The summed E-state index contributed by atoms with van der Waals surface area (Å²) < 4.78 is 5.26. The maximum Gasteiger partial charge on any atom is 0.412 e. The molecule has 4 nitrogen and oxygen atoms in total. The summed E-state index contributed by atoms with van der Waals surface area (Å²) in [6.07, 6.45) is 3.03. The Morgan fingerprint density at radius 2 is 1.52 bits per heavy atom. The van der Waals surface area contributed by atoms with Crippen LogP contribution >= 0.6 is 0 Å². The quantitative estimate of drug-likeness (QED) is 0.791. The minimum Gasteiger partial charge on any atom is -0.410 e. The predicted molar refractivity (Wildman–Crippen MR) is 89.0 cm³/mol. The molecule has 114 valence electrons. The van der Waals surface area contributed by atoms with Crippen molar-refractivity contribution in [1.29, 1.82) is 0 Å². The van der Waals surface area contributed by atoms with Crippen LogP contribution in [0.5, 0.6) is 5.75 Å². The van der Waals surface area contributed by atoms with Crippen molar-refractivity contribution in [2.24, 2.45) is 0 Å². The number of pyridine rings is 1. The zero-order valence-electron chi connectivity index (χ0n) is 12.5. The fourth-order valence-corrected chi connectivity index (χ4v) is 2.17. The van der Waals surface area contributed by atoms with E-state index >= 15 is 0 Å². The van der Waals surface area contributed by atoms with Gasteiger partial charge in [0.1, 0.15) is 5.75 Å². The highest BCUT2D eigenvalue weighted by Crippen LogP contribution is 2.21. The van der Waals surface area contributed by atoms with Crippen molar-refractivity contribution in [3.63, 3.8) is 0 Å². The molecule has 0 aliphatic carbocycles. The lowest BCUT2D eigenvalue weighted by atomic mass is 10.1. The smallest absolute Gasteiger partial charge is 0.410 e. The Balaban J connectivity index is 1.57. The average molecular weight is 304 g/mol. The molecule has 0 saturated heterocycles. The molecule has 2 aromatic carbocycles. The number of aromatic nitrogens is 1. The van der Waals surface area contributed by atoms with Crippen LogP contribution in [-0.2, 0) is 6.54 Å². The fourth-order valence-electron chi connectivity index (χ4n) is 2.17. The molecule has 0 atom stereocenters. The number of hydrogen-bond acceptors (Lipinski definition) is 3. The van der Waals surface area contributed by atoms with E-state index in [1.807, 2.05) is 54.6 Å². The first kappa shape index (κ1) is 14.8. The maximum absolute atomic E-state index is 11.8. The second kappa shape index (κ2) is 7.22. The summed E-state index contributed by atoms with van der Waals surface area (Å²) in [4.78, 5) is 15.8. The molecule has 0 unspecified atom stereocenters. The normalized spacial score (nSPS) is 10.1. The highest BCUT2D eigenvalue weighted by atomic mass is 16.5. The van der Waals surface area contributed by atoms with Gasteiger partial charge in [0.15, 0.2) is 0 Å². The second-order valence-electron chi connectivity index (χ2n) is 4.99. The number of hydrogen-bond donors (Lipinski definition) is 1. The molecule has 0 fully saturated rings. The Morgan fingerprint density at radius 1 is 0.870 bits per heavy atom. The molecular formula is C19H16N2O2. The van der Waals surface area contributed by atoms with Crippen molar-refractivity contribution in [2.75, 3.05) is 0 Å². The third-order valence-electron chi connectivity index (χ3n) is 3.36. The summed E-state index contributed by atoms with van der Waals surface area (Å²) in [7, 11) is 0. The van der Waals surface area contributed by atoms with Gasteiger partial charge in [0.05, 0.1) is 0 Å². The lowest BCUT2D eigenvalue weighted by molar-refractivity contribution is 0.200. The van der Waals surface area contributed by atoms with Crippen molar-refractivity contribution < 1.29 is 9.53 Å². The fraction of sp³-hybridized carbons (Fsp3) is 0.0526. The highest BCUT2D eigenvalue weighted by molar-refractivity contribution is 5.71. The first-order valence-corrected chi connectivity index (χ1v) is 7.31. The topological polar surface area (TPSA) is 51.2 Å². The Hall–Kier alpha value is -3.14. The summed E-state index contributed by atoms with van der Waals surface area (Å²) in [6.45, 7) is 0.439. The lowest BCUT2D eigenvalue weighted by Crippen LogP contribution is -2.26. The third-order valence-corrected chi connectivity index (χ3v) is 3.36. The van der Waals surface area contributed by atoms with Crippen LogP contribution in [-0.4, -0.2) is 11.1 Å². The van der Waals surface area contributed by atoms with E-state index in [0.717, 1.165) is 16.7 Å². The molecule has 0 spiro atoms. The Bertz CT molecular complexity index is 756. The molecule has 0 saturated carbocycles. The van der Waals surface area contributed by atoms with Crippen molar-refractivity contribution >= 4 is 6.09 Å². The highest BCUT2D eigenvalue weighted by Gasteiger charge is 2.04. The number of nitrogens with one attached hydrogen (secondary N) is 1. The number of ether oxygens (including phenoxy) is 1. The summed E-state index contributed by atoms with van der Waals surface area (Å²) >= 11 is 0. The minimum absolute atomic E-state index is 0.439. The molecule has 0 aliphatic heterocycles. The number of amides is 1. The molecule has 0 aliphatic rings. The molecule has 4 heteroatoms. The van der Waals surface area contributed by atoms with Gasteiger partial charge in [0.2, 0.25) is 0 Å². The number of carbonyl (C=O) groups is 1. The summed E-state index contributed by atoms with van der Waals surface area (Å²) in [5.41, 5.74) is 3.14. The van der Waals surface area contributed by atoms with Crippen molar-refractivity contribution in [1.82, 2.24) is 10.3 Å². The minimum atomic E-state index is -0.467. The van der Waals surface area contributed by atoms with Gasteiger partial charge in [0, 0.05) is 18.9 Å². The Kier molecular flexibility index (Phi) is 4.64. The van der Waals surface area contributed by atoms with Crippen LogP contribution in [0, 0.1) is 0 Å². The predicted octanol–water partition coefficient (Wildman–Crippen LogP) is 4.04. The first-order chi connectivity index (χ1) is 11.3. The lowest BCUT2D eigenvalue weighted by Gasteiger charge is -2.07. The molecule has 0 bridgehead atoms. The molecule has 1 N–H and O–H groups in total. The molecule has 1 amide bonds. The monoisotopic (exact) mass is 304 g/mol. The van der Waals surface area contributed by atoms with Gasteiger partial charge in [-0.15, -0.1) is 0 Å². The van der Waals surface area contributed by atoms with E-state index in [9.17, 15) is 4.79 Å². The number of carbonyl (C=O) groups excluding carboxylic acids is 1. The van der Waals surface area contributed by atoms with Crippen LogP contribution in [0.3, 0.4) is 0 Å². The maximum atomic E-state index is 11.8. The van der Waals surface area contributed by atoms with Gasteiger partial charge in [-0.25, -0.2) is 4.79 Å². The van der Waals surface area contributed by atoms with Gasteiger partial charge in [-0.2, -0.15) is 0 Å². The first-order valence-electron chi connectivity index (χ1n) is 7.31. The Labute approximate surface area is 134 Å². The van der Waals surface area contributed by atoms with Gasteiger partial charge < -0.3 is 10.1 Å². The third kappa shape index (κ3) is 4.17. The van der Waals surface area contributed by atoms with Gasteiger partial charge in [0.25, 0.3) is 0 Å². The van der Waals surface area contributed by atoms with E-state index in [1.54, 1.807) is 24.5 Å². The zero-order valence-corrected chi connectivity index (χ0v) is 12.5. The van der Waals surface area contributed by atoms with E-state index in [2.05, 4.69) is 10.3 Å². The summed E-state index contributed by atoms with van der Waals surface area (Å²) in [5, 5.41) is 2.72. The van der Waals surface area contributed by atoms with E-state index < -0.39 is 6.09 Å². The number of benzene rings is 2. The molecule has 23 heavy (non-hydrogen) atoms. The molecular weight excluding hydrogens is 288 g/mol. The van der Waals surface area contributed by atoms with Crippen LogP contribution in [0.4, 0.5) is 4.79 Å². The SMILES string of the molecule is O=C(NCc1ccccc1)Oc1ccc(-c2ccncc2)cc1. The van der Waals surface area contributed by atoms with Crippen molar-refractivity contribution in [3.05, 3.63) is 84.7 Å². The van der Waals surface area contributed by atoms with E-state index in [-0.39, 0.29) is 0 Å². The van der Waals surface area contributed by atoms with Gasteiger partial charge in [-0.05, 0) is 41.0 Å². The number of nitrogens with zero attached hydrogens (tertiary/aromatic N) is 1. The van der Waals surface area contributed by atoms with Crippen molar-refractivity contribution in [2.45, 2.75) is 6.54 Å². The van der Waals surface area contributed by atoms with Crippen LogP contribution in [0.2, 0.25) is 0 Å². The van der Waals surface area contributed by atoms with Gasteiger partial charge in [-0.3, -0.25) is 4.98 Å². The van der Waals surface area contributed by atoms with Crippen LogP contribution < -0.4 is 10.1 Å². The molecule has 0 radical (unpaired) electrons. The number of rotatable bonds is 4. The largest absolute Gasteiger partial charge is 0.412 e. The molecule has 1 aromatic heterocycles. The van der Waals surface area contributed by atoms with E-state index in [4.69, 9.17) is 4.74 Å². The summed E-state index contributed by atoms with van der Waals surface area (Å²) in [6, 6.07) is 20.9. The van der Waals surface area contributed by atoms with Crippen LogP contribution in [0.15, 0.2) is 79.1 Å². The molecule has 3 rings (SSSR count). The zero-order chi connectivity index (χ0) is 15.9. The van der Waals surface area contributed by atoms with Crippen molar-refractivity contribution in [3.8, 4) is 16.9 Å². The van der Waals surface area contributed by atoms with Crippen LogP contribution in [0.25, 0.3) is 11.1 Å². The standard InChI is InChI=1S/C19H16N2O2/c22-19(21-14-15-4-2-1-3-5-15)23-18-8-6-16(7-9-18)17-10-12-20-13-11-17/h1-13H,14H2,(H,21,22). The Morgan fingerprint density at radius 3 is 2.22 bits per heavy atom. The average Bonchev–Trinajstić information content (AvgIpc) is 2.62. The molecule has 1 heterocycles. The second-order valence-corrected chi connectivity index (χ2v) is 4.99. The summed E-state index contributed by atoms with van der Waals surface area (Å²) in [5.74, 6) is 0.508. The van der Waals surface area contributed by atoms with E-state index in [1.165, 1.54) is 0 Å². The van der Waals surface area contributed by atoms with Gasteiger partial charge in [-0.1, -0.05) is 42.5 Å². The van der Waals surface area contributed by atoms with Crippen LogP contribution in [0.1, 0.15) is 5.56 Å². The van der Waals surface area contributed by atoms with Gasteiger partial charge >= 0.3 is 6.09 Å². The molecule has 3 aromatic rings. The van der Waals surface area contributed by atoms with E-state index in [0.29, 0.717) is 12.3 Å².